The van der Waals surface area contributed by atoms with Gasteiger partial charge in [-0.15, -0.1) is 0 Å². The number of nitrogens with one attached hydrogen (secondary N) is 1. The van der Waals surface area contributed by atoms with Gasteiger partial charge in [0.15, 0.2) is 0 Å². The van der Waals surface area contributed by atoms with Crippen molar-refractivity contribution in [3.8, 4) is 0 Å². The second kappa shape index (κ2) is 5.50. The third-order valence-electron chi connectivity index (χ3n) is 3.24. The summed E-state index contributed by atoms with van der Waals surface area (Å²) in [6.07, 6.45) is 1.25. The summed E-state index contributed by atoms with van der Waals surface area (Å²) in [4.78, 5) is 13.9. The van der Waals surface area contributed by atoms with Crippen LogP contribution in [0.1, 0.15) is 19.8 Å². The zero-order valence-electron chi connectivity index (χ0n) is 10.7. The van der Waals surface area contributed by atoms with E-state index in [0.29, 0.717) is 19.5 Å². The molecule has 0 spiro atoms. The lowest BCUT2D eigenvalue weighted by atomic mass is 10.1. The van der Waals surface area contributed by atoms with E-state index in [0.717, 1.165) is 18.7 Å². The standard InChI is InChI=1S/C14H20N2O2/c1-14(18)8-10-16(11-14)9-7-13(17)15-12-5-3-2-4-6-12/h2-6,18H,7-11H2,1H3,(H,15,17). The number of nitrogens with zero attached hydrogens (tertiary/aromatic N) is 1. The molecule has 0 saturated carbocycles. The lowest BCUT2D eigenvalue weighted by molar-refractivity contribution is -0.116. The van der Waals surface area contributed by atoms with Gasteiger partial charge in [-0.25, -0.2) is 0 Å². The fraction of sp³-hybridized carbons (Fsp3) is 0.500. The maximum Gasteiger partial charge on any atom is 0.225 e. The predicted octanol–water partition coefficient (Wildman–Crippen LogP) is 1.47. The number of para-hydroxylation sites is 1. The van der Waals surface area contributed by atoms with Gasteiger partial charge in [-0.3, -0.25) is 9.69 Å². The number of carbonyl (C=O) groups is 1. The summed E-state index contributed by atoms with van der Waals surface area (Å²) in [6.45, 7) is 4.07. The highest BCUT2D eigenvalue weighted by Crippen LogP contribution is 2.20. The first kappa shape index (κ1) is 13.1. The summed E-state index contributed by atoms with van der Waals surface area (Å²) in [6, 6.07) is 9.46. The Bertz CT molecular complexity index is 404. The van der Waals surface area contributed by atoms with E-state index in [2.05, 4.69) is 10.2 Å². The zero-order valence-corrected chi connectivity index (χ0v) is 10.7. The molecule has 1 atom stereocenters. The number of anilines is 1. The van der Waals surface area contributed by atoms with Crippen molar-refractivity contribution >= 4 is 11.6 Å². The van der Waals surface area contributed by atoms with E-state index in [9.17, 15) is 9.90 Å². The summed E-state index contributed by atoms with van der Waals surface area (Å²) in [5, 5.41) is 12.7. The highest BCUT2D eigenvalue weighted by molar-refractivity contribution is 5.90. The maximum atomic E-state index is 11.7. The highest BCUT2D eigenvalue weighted by atomic mass is 16.3. The molecule has 98 valence electrons. The Labute approximate surface area is 108 Å². The molecule has 2 N–H and O–H groups in total. The Kier molecular flexibility index (Phi) is 3.99. The third-order valence-corrected chi connectivity index (χ3v) is 3.24. The van der Waals surface area contributed by atoms with Crippen LogP contribution in [0.15, 0.2) is 30.3 Å². The van der Waals surface area contributed by atoms with Crippen molar-refractivity contribution in [2.24, 2.45) is 0 Å². The Hall–Kier alpha value is -1.39. The van der Waals surface area contributed by atoms with E-state index in [1.807, 2.05) is 37.3 Å². The molecule has 0 aromatic heterocycles. The molecule has 0 radical (unpaired) electrons. The number of likely N-dealkylation sites (tertiary alicyclic amines) is 1. The Morgan fingerprint density at radius 2 is 2.17 bits per heavy atom. The molecule has 2 rings (SSSR count). The van der Waals surface area contributed by atoms with Crippen molar-refractivity contribution in [3.05, 3.63) is 30.3 Å². The van der Waals surface area contributed by atoms with Crippen molar-refractivity contribution in [3.63, 3.8) is 0 Å². The number of hydrogen-bond donors (Lipinski definition) is 2. The molecule has 1 saturated heterocycles. The van der Waals surface area contributed by atoms with Crippen LogP contribution >= 0.6 is 0 Å². The molecule has 4 nitrogen and oxygen atoms in total. The molecule has 1 amide bonds. The van der Waals surface area contributed by atoms with Gasteiger partial charge in [0.25, 0.3) is 0 Å². The van der Waals surface area contributed by atoms with E-state index >= 15 is 0 Å². The van der Waals surface area contributed by atoms with Gasteiger partial charge < -0.3 is 10.4 Å². The normalized spacial score (nSPS) is 24.1. The highest BCUT2D eigenvalue weighted by Gasteiger charge is 2.30. The van der Waals surface area contributed by atoms with Crippen LogP contribution in [0.25, 0.3) is 0 Å². The molecule has 18 heavy (non-hydrogen) atoms. The molecule has 1 fully saturated rings. The summed E-state index contributed by atoms with van der Waals surface area (Å²) >= 11 is 0. The Morgan fingerprint density at radius 3 is 2.78 bits per heavy atom. The molecule has 0 bridgehead atoms. The van der Waals surface area contributed by atoms with Crippen molar-refractivity contribution in [2.45, 2.75) is 25.4 Å². The van der Waals surface area contributed by atoms with Crippen molar-refractivity contribution in [1.29, 1.82) is 0 Å². The smallest absolute Gasteiger partial charge is 0.225 e. The average Bonchev–Trinajstić information content (AvgIpc) is 2.68. The SMILES string of the molecule is CC1(O)CCN(CCC(=O)Nc2ccccc2)C1. The van der Waals surface area contributed by atoms with Crippen LogP contribution in [0, 0.1) is 0 Å². The first-order valence-electron chi connectivity index (χ1n) is 6.35. The molecule has 0 aliphatic carbocycles. The molecular weight excluding hydrogens is 228 g/mol. The van der Waals surface area contributed by atoms with Crippen LogP contribution in [0.3, 0.4) is 0 Å². The lowest BCUT2D eigenvalue weighted by Crippen LogP contribution is -2.31. The van der Waals surface area contributed by atoms with Gasteiger partial charge in [-0.05, 0) is 25.5 Å². The van der Waals surface area contributed by atoms with Crippen molar-refractivity contribution in [2.75, 3.05) is 25.0 Å². The van der Waals surface area contributed by atoms with Gasteiger partial charge in [-0.2, -0.15) is 0 Å². The summed E-state index contributed by atoms with van der Waals surface area (Å²) in [5.41, 5.74) is 0.242. The summed E-state index contributed by atoms with van der Waals surface area (Å²) < 4.78 is 0. The molecular formula is C14H20N2O2. The molecule has 1 aliphatic heterocycles. The first-order valence-corrected chi connectivity index (χ1v) is 6.35. The lowest BCUT2D eigenvalue weighted by Gasteiger charge is -2.18. The Balaban J connectivity index is 1.73. The average molecular weight is 248 g/mol. The zero-order chi connectivity index (χ0) is 13.0. The molecule has 1 unspecified atom stereocenters. The van der Waals surface area contributed by atoms with Crippen LogP contribution < -0.4 is 5.32 Å². The second-order valence-electron chi connectivity index (χ2n) is 5.19. The number of benzene rings is 1. The largest absolute Gasteiger partial charge is 0.389 e. The van der Waals surface area contributed by atoms with Gasteiger partial charge in [0.05, 0.1) is 5.60 Å². The fourth-order valence-corrected chi connectivity index (χ4v) is 2.23. The van der Waals surface area contributed by atoms with Crippen LogP contribution in [0.2, 0.25) is 0 Å². The van der Waals surface area contributed by atoms with Crippen LogP contribution in [-0.4, -0.2) is 41.1 Å². The van der Waals surface area contributed by atoms with Gasteiger partial charge >= 0.3 is 0 Å². The molecule has 1 heterocycles. The second-order valence-corrected chi connectivity index (χ2v) is 5.19. The number of carbonyl (C=O) groups excluding carboxylic acids is 1. The molecule has 1 aliphatic rings. The Morgan fingerprint density at radius 1 is 1.44 bits per heavy atom. The first-order chi connectivity index (χ1) is 8.55. The van der Waals surface area contributed by atoms with E-state index in [1.54, 1.807) is 0 Å². The van der Waals surface area contributed by atoms with E-state index in [-0.39, 0.29) is 5.91 Å². The molecule has 1 aromatic carbocycles. The number of β-amino-alcohol motifs (C(OH)–C–C–N with tert-alkyl or cyclic N) is 1. The quantitative estimate of drug-likeness (QED) is 0.848. The van der Waals surface area contributed by atoms with Crippen molar-refractivity contribution < 1.29 is 9.90 Å². The molecule has 4 heteroatoms. The minimum absolute atomic E-state index is 0.0211. The summed E-state index contributed by atoms with van der Waals surface area (Å²) in [5.74, 6) is 0.0211. The number of amides is 1. The van der Waals surface area contributed by atoms with E-state index in [1.165, 1.54) is 0 Å². The third kappa shape index (κ3) is 3.82. The van der Waals surface area contributed by atoms with Crippen LogP contribution in [-0.2, 0) is 4.79 Å². The van der Waals surface area contributed by atoms with Crippen LogP contribution in [0.4, 0.5) is 5.69 Å². The van der Waals surface area contributed by atoms with E-state index < -0.39 is 5.60 Å². The number of hydrogen-bond acceptors (Lipinski definition) is 3. The topological polar surface area (TPSA) is 52.6 Å². The van der Waals surface area contributed by atoms with Gasteiger partial charge in [0, 0.05) is 31.7 Å². The fourth-order valence-electron chi connectivity index (χ4n) is 2.23. The van der Waals surface area contributed by atoms with Crippen LogP contribution in [0.5, 0.6) is 0 Å². The van der Waals surface area contributed by atoms with Gasteiger partial charge in [-0.1, -0.05) is 18.2 Å². The predicted molar refractivity (Wildman–Crippen MR) is 71.4 cm³/mol. The van der Waals surface area contributed by atoms with E-state index in [4.69, 9.17) is 0 Å². The van der Waals surface area contributed by atoms with Gasteiger partial charge in [0.1, 0.15) is 0 Å². The maximum absolute atomic E-state index is 11.7. The monoisotopic (exact) mass is 248 g/mol. The number of rotatable bonds is 4. The van der Waals surface area contributed by atoms with Crippen molar-refractivity contribution in [1.82, 2.24) is 4.90 Å². The van der Waals surface area contributed by atoms with Gasteiger partial charge in [0.2, 0.25) is 5.91 Å². The minimum Gasteiger partial charge on any atom is -0.389 e. The number of aliphatic hydroxyl groups is 1. The summed E-state index contributed by atoms with van der Waals surface area (Å²) in [7, 11) is 0. The minimum atomic E-state index is -0.587. The molecule has 1 aromatic rings.